The lowest BCUT2D eigenvalue weighted by molar-refractivity contribution is 0.0303. The molecule has 2 aromatic carbocycles. The van der Waals surface area contributed by atoms with Gasteiger partial charge in [-0.3, -0.25) is 9.59 Å². The minimum atomic E-state index is -0.325. The summed E-state index contributed by atoms with van der Waals surface area (Å²) in [5.41, 5.74) is 9.59. The van der Waals surface area contributed by atoms with E-state index in [-0.39, 0.29) is 22.7 Å². The molecule has 152 valence electrons. The van der Waals surface area contributed by atoms with Crippen molar-refractivity contribution in [3.63, 3.8) is 0 Å². The van der Waals surface area contributed by atoms with E-state index in [9.17, 15) is 9.59 Å². The van der Waals surface area contributed by atoms with Crippen molar-refractivity contribution in [2.45, 2.75) is 0 Å². The van der Waals surface area contributed by atoms with E-state index < -0.39 is 0 Å². The first-order valence-corrected chi connectivity index (χ1v) is 9.59. The van der Waals surface area contributed by atoms with E-state index in [1.54, 1.807) is 35.2 Å². The number of anilines is 1. The van der Waals surface area contributed by atoms with Crippen LogP contribution in [0.5, 0.6) is 0 Å². The number of carbonyl (C=O) groups is 1. The van der Waals surface area contributed by atoms with Gasteiger partial charge in [0, 0.05) is 36.1 Å². The summed E-state index contributed by atoms with van der Waals surface area (Å²) in [6, 6.07) is 16.2. The van der Waals surface area contributed by atoms with Crippen LogP contribution in [-0.2, 0) is 4.74 Å². The van der Waals surface area contributed by atoms with E-state index in [1.807, 2.05) is 24.3 Å². The van der Waals surface area contributed by atoms with Gasteiger partial charge in [-0.15, -0.1) is 0 Å². The molecule has 4 rings (SSSR count). The molecular weight excluding hydrogens is 382 g/mol. The number of hydrogen-bond donors (Lipinski definition) is 3. The Balaban J connectivity index is 1.58. The van der Waals surface area contributed by atoms with E-state index in [1.165, 1.54) is 6.20 Å². The Morgan fingerprint density at radius 3 is 2.73 bits per heavy atom. The summed E-state index contributed by atoms with van der Waals surface area (Å²) in [6.07, 6.45) is 1.49. The highest BCUT2D eigenvalue weighted by Crippen LogP contribution is 2.19. The van der Waals surface area contributed by atoms with E-state index in [0.717, 1.165) is 10.9 Å². The Bertz CT molecular complexity index is 1180. The van der Waals surface area contributed by atoms with Crippen molar-refractivity contribution in [2.75, 3.05) is 31.6 Å². The zero-order chi connectivity index (χ0) is 20.9. The highest BCUT2D eigenvalue weighted by atomic mass is 16.5. The molecule has 1 aliphatic rings. The van der Waals surface area contributed by atoms with Crippen molar-refractivity contribution >= 4 is 28.2 Å². The van der Waals surface area contributed by atoms with Crippen molar-refractivity contribution < 1.29 is 9.53 Å². The standard InChI is InChI=1S/C22H21N5O3/c23-26-20(18-13-15-4-1-2-7-19(15)25-21(18)28)14-24-17-6-3-5-16(12-17)22(29)27-8-10-30-11-9-27/h1-7,12-14,23-24H,8-11H2,(H,25,28)/b20-14-,26-23?. The van der Waals surface area contributed by atoms with Gasteiger partial charge >= 0.3 is 0 Å². The highest BCUT2D eigenvalue weighted by molar-refractivity contribution is 5.95. The number of nitrogens with one attached hydrogen (secondary N) is 3. The van der Waals surface area contributed by atoms with Gasteiger partial charge in [0.2, 0.25) is 0 Å². The molecular formula is C22H21N5O3. The van der Waals surface area contributed by atoms with Crippen LogP contribution in [0.2, 0.25) is 0 Å². The van der Waals surface area contributed by atoms with E-state index in [2.05, 4.69) is 15.4 Å². The monoisotopic (exact) mass is 403 g/mol. The molecule has 0 spiro atoms. The SMILES string of the molecule is N=N/C(=C\Nc1cccc(C(=O)N2CCOCC2)c1)c1cc2ccccc2[nH]c1=O. The molecule has 0 unspecified atom stereocenters. The second kappa shape index (κ2) is 8.71. The van der Waals surface area contributed by atoms with Gasteiger partial charge < -0.3 is 19.9 Å². The third-order valence-electron chi connectivity index (χ3n) is 4.93. The van der Waals surface area contributed by atoms with Crippen LogP contribution >= 0.6 is 0 Å². The summed E-state index contributed by atoms with van der Waals surface area (Å²) in [5, 5.41) is 7.40. The van der Waals surface area contributed by atoms with Gasteiger partial charge in [0.15, 0.2) is 0 Å². The molecule has 2 heterocycles. The molecule has 0 aliphatic carbocycles. The molecule has 30 heavy (non-hydrogen) atoms. The number of aromatic amines is 1. The highest BCUT2D eigenvalue weighted by Gasteiger charge is 2.18. The summed E-state index contributed by atoms with van der Waals surface area (Å²) < 4.78 is 5.29. The van der Waals surface area contributed by atoms with Gasteiger partial charge in [0.1, 0.15) is 5.70 Å². The fraction of sp³-hybridized carbons (Fsp3) is 0.182. The molecule has 8 nitrogen and oxygen atoms in total. The normalized spacial score (nSPS) is 14.5. The molecule has 8 heteroatoms. The Morgan fingerprint density at radius 2 is 1.93 bits per heavy atom. The number of fused-ring (bicyclic) bond motifs is 1. The summed E-state index contributed by atoms with van der Waals surface area (Å²) >= 11 is 0. The maximum Gasteiger partial charge on any atom is 0.258 e. The smallest absolute Gasteiger partial charge is 0.258 e. The predicted octanol–water partition coefficient (Wildman–Crippen LogP) is 3.44. The topological polar surface area (TPSA) is 111 Å². The Morgan fingerprint density at radius 1 is 1.13 bits per heavy atom. The molecule has 0 atom stereocenters. The van der Waals surface area contributed by atoms with E-state index in [0.29, 0.717) is 37.6 Å². The van der Waals surface area contributed by atoms with Crippen LogP contribution in [0.1, 0.15) is 15.9 Å². The first-order chi connectivity index (χ1) is 14.7. The maximum atomic E-state index is 12.7. The number of amides is 1. The largest absolute Gasteiger partial charge is 0.378 e. The molecule has 1 amide bonds. The molecule has 0 radical (unpaired) electrons. The van der Waals surface area contributed by atoms with Crippen LogP contribution in [0.15, 0.2) is 70.7 Å². The zero-order valence-corrected chi connectivity index (χ0v) is 16.2. The van der Waals surface area contributed by atoms with E-state index >= 15 is 0 Å². The van der Waals surface area contributed by atoms with Crippen molar-refractivity contribution in [3.05, 3.63) is 82.3 Å². The van der Waals surface area contributed by atoms with Crippen LogP contribution in [0.4, 0.5) is 5.69 Å². The van der Waals surface area contributed by atoms with Gasteiger partial charge in [-0.25, -0.2) is 5.53 Å². The second-order valence-electron chi connectivity index (χ2n) is 6.87. The minimum Gasteiger partial charge on any atom is -0.378 e. The summed E-state index contributed by atoms with van der Waals surface area (Å²) in [6.45, 7) is 2.23. The van der Waals surface area contributed by atoms with Gasteiger partial charge in [0.25, 0.3) is 11.5 Å². The lowest BCUT2D eigenvalue weighted by Crippen LogP contribution is -2.40. The molecule has 1 saturated heterocycles. The summed E-state index contributed by atoms with van der Waals surface area (Å²) in [7, 11) is 0. The summed E-state index contributed by atoms with van der Waals surface area (Å²) in [5.74, 6) is -0.0534. The number of pyridine rings is 1. The van der Waals surface area contributed by atoms with Crippen molar-refractivity contribution in [1.29, 1.82) is 5.53 Å². The molecule has 3 aromatic rings. The number of H-pyrrole nitrogens is 1. The summed E-state index contributed by atoms with van der Waals surface area (Å²) in [4.78, 5) is 29.7. The average molecular weight is 403 g/mol. The molecule has 1 aliphatic heterocycles. The zero-order valence-electron chi connectivity index (χ0n) is 16.2. The van der Waals surface area contributed by atoms with Gasteiger partial charge in [-0.1, -0.05) is 24.3 Å². The third kappa shape index (κ3) is 4.13. The van der Waals surface area contributed by atoms with Gasteiger partial charge in [0.05, 0.1) is 18.8 Å². The number of hydrogen-bond acceptors (Lipinski definition) is 6. The van der Waals surface area contributed by atoms with Crippen LogP contribution in [0.3, 0.4) is 0 Å². The molecule has 1 aromatic heterocycles. The molecule has 0 saturated carbocycles. The predicted molar refractivity (Wildman–Crippen MR) is 114 cm³/mol. The third-order valence-corrected chi connectivity index (χ3v) is 4.93. The first kappa shape index (κ1) is 19.5. The minimum absolute atomic E-state index is 0.0534. The van der Waals surface area contributed by atoms with Gasteiger partial charge in [-0.05, 0) is 35.7 Å². The van der Waals surface area contributed by atoms with Crippen LogP contribution < -0.4 is 10.9 Å². The number of aromatic nitrogens is 1. The van der Waals surface area contributed by atoms with Crippen molar-refractivity contribution in [3.8, 4) is 0 Å². The number of rotatable bonds is 5. The Hall–Kier alpha value is -3.78. The lowest BCUT2D eigenvalue weighted by Gasteiger charge is -2.27. The number of carbonyl (C=O) groups excluding carboxylic acids is 1. The number of nitrogens with zero attached hydrogens (tertiary/aromatic N) is 2. The van der Waals surface area contributed by atoms with Crippen LogP contribution in [0.25, 0.3) is 16.6 Å². The van der Waals surface area contributed by atoms with Crippen molar-refractivity contribution in [2.24, 2.45) is 5.11 Å². The first-order valence-electron chi connectivity index (χ1n) is 9.59. The maximum absolute atomic E-state index is 12.7. The fourth-order valence-corrected chi connectivity index (χ4v) is 3.35. The fourth-order valence-electron chi connectivity index (χ4n) is 3.35. The average Bonchev–Trinajstić information content (AvgIpc) is 2.80. The van der Waals surface area contributed by atoms with E-state index in [4.69, 9.17) is 10.3 Å². The number of ether oxygens (including phenoxy) is 1. The number of benzene rings is 2. The Kier molecular flexibility index (Phi) is 5.67. The number of morpholine rings is 1. The van der Waals surface area contributed by atoms with Crippen molar-refractivity contribution in [1.82, 2.24) is 9.88 Å². The van der Waals surface area contributed by atoms with Crippen LogP contribution in [0, 0.1) is 5.53 Å². The Labute approximate surface area is 172 Å². The molecule has 0 bridgehead atoms. The van der Waals surface area contributed by atoms with Crippen LogP contribution in [-0.4, -0.2) is 42.1 Å². The molecule has 1 fully saturated rings. The van der Waals surface area contributed by atoms with Gasteiger partial charge in [-0.2, -0.15) is 5.11 Å². The lowest BCUT2D eigenvalue weighted by atomic mass is 10.1. The molecule has 3 N–H and O–H groups in total. The number of para-hydroxylation sites is 1. The second-order valence-corrected chi connectivity index (χ2v) is 6.87. The quantitative estimate of drug-likeness (QED) is 0.567.